The number of nitrogens with zero attached hydrogens (tertiary/aromatic N) is 6. The molecule has 22 nitrogen and oxygen atoms in total. The highest BCUT2D eigenvalue weighted by Gasteiger charge is 2.40. The number of carbonyl (C=O) groups excluding carboxylic acids is 2. The van der Waals surface area contributed by atoms with Crippen molar-refractivity contribution in [3.63, 3.8) is 0 Å². The topological polar surface area (TPSA) is 236 Å². The summed E-state index contributed by atoms with van der Waals surface area (Å²) in [6.07, 6.45) is 4.85. The van der Waals surface area contributed by atoms with Crippen LogP contribution in [0.5, 0.6) is 11.5 Å². The quantitative estimate of drug-likeness (QED) is 0.0173. The molecule has 414 valence electrons. The fourth-order valence-electron chi connectivity index (χ4n) is 8.90. The van der Waals surface area contributed by atoms with Gasteiger partial charge in [-0.2, -0.15) is 0 Å². The molecule has 76 heavy (non-hydrogen) atoms. The Balaban J connectivity index is 1.23. The summed E-state index contributed by atoms with van der Waals surface area (Å²) in [4.78, 5) is 25.8. The van der Waals surface area contributed by atoms with Gasteiger partial charge in [-0.15, -0.1) is 10.2 Å². The maximum atomic E-state index is 12.9. The van der Waals surface area contributed by atoms with E-state index in [2.05, 4.69) is 78.3 Å². The monoisotopic (exact) mass is 1090 g/mol. The Morgan fingerprint density at radius 3 is 1.25 bits per heavy atom. The normalized spacial score (nSPS) is 11.8. The minimum absolute atomic E-state index is 0.0519. The Hall–Kier alpha value is -6.07. The molecule has 0 radical (unpaired) electrons. The van der Waals surface area contributed by atoms with Gasteiger partial charge in [-0.05, 0) is 88.1 Å². The van der Waals surface area contributed by atoms with Crippen LogP contribution in [0.3, 0.4) is 0 Å². The van der Waals surface area contributed by atoms with Crippen LogP contribution in [0.15, 0.2) is 73.1 Å². The first-order valence-electron chi connectivity index (χ1n) is 26.1. The first-order chi connectivity index (χ1) is 37.1. The molecule has 4 amide bonds. The van der Waals surface area contributed by atoms with Gasteiger partial charge in [0.1, 0.15) is 22.9 Å². The van der Waals surface area contributed by atoms with E-state index < -0.39 is 17.6 Å². The number of amides is 4. The zero-order valence-electron chi connectivity index (χ0n) is 45.2. The molecule has 0 fully saturated rings. The number of rotatable bonds is 35. The van der Waals surface area contributed by atoms with E-state index in [1.54, 1.807) is 36.0 Å². The summed E-state index contributed by atoms with van der Waals surface area (Å²) in [6, 6.07) is 20.8. The highest BCUT2D eigenvalue weighted by Crippen LogP contribution is 2.49. The van der Waals surface area contributed by atoms with Crippen molar-refractivity contribution < 1.29 is 55.1 Å². The molecule has 4 N–H and O–H groups in total. The largest absolute Gasteiger partial charge is 0.500 e. The van der Waals surface area contributed by atoms with Gasteiger partial charge in [0.15, 0.2) is 13.6 Å². The number of methoxy groups -OCH3 is 2. The van der Waals surface area contributed by atoms with Gasteiger partial charge in [-0.1, -0.05) is 59.0 Å². The third-order valence-electron chi connectivity index (χ3n) is 11.8. The first kappa shape index (κ1) is 59.2. The molecule has 0 spiro atoms. The molecule has 6 rings (SSSR count). The molecule has 24 heteroatoms. The molecule has 2 aromatic heterocycles. The second kappa shape index (κ2) is 30.6. The van der Waals surface area contributed by atoms with Crippen molar-refractivity contribution in [2.24, 2.45) is 0 Å². The van der Waals surface area contributed by atoms with Crippen LogP contribution in [0.4, 0.5) is 9.59 Å². The molecule has 0 aliphatic heterocycles. The summed E-state index contributed by atoms with van der Waals surface area (Å²) >= 11 is 0. The Morgan fingerprint density at radius 1 is 0.526 bits per heavy atom. The van der Waals surface area contributed by atoms with Crippen LogP contribution in [-0.4, -0.2) is 140 Å². The van der Waals surface area contributed by atoms with Crippen LogP contribution in [0.25, 0.3) is 32.7 Å². The maximum absolute atomic E-state index is 12.9. The van der Waals surface area contributed by atoms with E-state index in [0.29, 0.717) is 101 Å². The molecule has 0 atom stereocenters. The van der Waals surface area contributed by atoms with Gasteiger partial charge < -0.3 is 66.8 Å². The van der Waals surface area contributed by atoms with Gasteiger partial charge in [0.05, 0.1) is 38.6 Å². The van der Waals surface area contributed by atoms with Crippen molar-refractivity contribution in [1.29, 1.82) is 0 Å². The minimum atomic E-state index is -2.81. The van der Waals surface area contributed by atoms with Crippen molar-refractivity contribution in [1.82, 2.24) is 51.3 Å². The Bertz CT molecular complexity index is 2530. The number of nitrogens with one attached hydrogen (secondary N) is 4. The van der Waals surface area contributed by atoms with E-state index in [4.69, 9.17) is 45.5 Å². The standard InChI is InChI=1S/C52H76N10O12Si2/c1-9-69-75(70-10-2,71-11-3)27-19-25-53-51(63)55-31-43-35-61(59-57-43)33-41-29-39-21-15-17-23-45(39)47(49(41)67-37-65-7)48-46-24-18-16-22-40(46)30-42(50(48)68-38-66-8)34-62-36-44(58-60-62)32-56-52(64)54-26-20-28-76(72-12-4,73-13-5)74-14-6/h15-18,21-24,29-30,35-36H,9-14,19-20,25-28,31-34,37-38H2,1-8H3,(H2,53,55,63)(H2,54,56,64). The van der Waals surface area contributed by atoms with Crippen LogP contribution in [0.1, 0.15) is 76.9 Å². The number of fused-ring (bicyclic) bond motifs is 2. The smallest absolute Gasteiger partial charge is 0.467 e. The van der Waals surface area contributed by atoms with Gasteiger partial charge in [0.25, 0.3) is 0 Å². The zero-order chi connectivity index (χ0) is 54.2. The average molecular weight is 1090 g/mol. The lowest BCUT2D eigenvalue weighted by atomic mass is 9.88. The summed E-state index contributed by atoms with van der Waals surface area (Å²) in [5.74, 6) is 1.10. The number of ether oxygens (including phenoxy) is 4. The lowest BCUT2D eigenvalue weighted by molar-refractivity contribution is 0.0494. The molecule has 0 aliphatic rings. The van der Waals surface area contributed by atoms with Gasteiger partial charge >= 0.3 is 29.7 Å². The summed E-state index contributed by atoms with van der Waals surface area (Å²) in [6.45, 7) is 16.0. The number of urea groups is 2. The van der Waals surface area contributed by atoms with Gasteiger partial charge in [0.2, 0.25) is 0 Å². The van der Waals surface area contributed by atoms with Gasteiger partial charge in [-0.25, -0.2) is 19.0 Å². The van der Waals surface area contributed by atoms with Crippen LogP contribution in [-0.2, 0) is 62.2 Å². The molecule has 0 saturated carbocycles. The Morgan fingerprint density at radius 2 is 0.895 bits per heavy atom. The molecular formula is C52H76N10O12Si2. The minimum Gasteiger partial charge on any atom is -0.467 e. The zero-order valence-corrected chi connectivity index (χ0v) is 47.2. The predicted octanol–water partition coefficient (Wildman–Crippen LogP) is 7.38. The third kappa shape index (κ3) is 16.5. The van der Waals surface area contributed by atoms with Gasteiger partial charge in [0, 0.05) is 101 Å². The van der Waals surface area contributed by atoms with E-state index in [1.807, 2.05) is 65.8 Å². The van der Waals surface area contributed by atoms with Crippen molar-refractivity contribution in [2.45, 2.75) is 92.7 Å². The van der Waals surface area contributed by atoms with E-state index in [1.165, 1.54) is 0 Å². The molecule has 6 aromatic rings. The van der Waals surface area contributed by atoms with E-state index in [9.17, 15) is 9.59 Å². The molecule has 0 saturated heterocycles. The van der Waals surface area contributed by atoms with E-state index in [-0.39, 0.29) is 51.8 Å². The highest BCUT2D eigenvalue weighted by molar-refractivity contribution is 6.61. The predicted molar refractivity (Wildman–Crippen MR) is 291 cm³/mol. The fourth-order valence-corrected chi connectivity index (χ4v) is 14.1. The number of hydrogen-bond acceptors (Lipinski definition) is 16. The third-order valence-corrected chi connectivity index (χ3v) is 18.1. The molecule has 0 bridgehead atoms. The summed E-state index contributed by atoms with van der Waals surface area (Å²) in [5, 5.41) is 33.0. The number of hydrogen-bond donors (Lipinski definition) is 4. The van der Waals surface area contributed by atoms with Crippen LogP contribution in [0, 0.1) is 0 Å². The average Bonchev–Trinajstić information content (AvgIpc) is 4.09. The molecule has 0 aliphatic carbocycles. The van der Waals surface area contributed by atoms with Crippen molar-refractivity contribution in [3.8, 4) is 22.6 Å². The van der Waals surface area contributed by atoms with E-state index >= 15 is 0 Å². The summed E-state index contributed by atoms with van der Waals surface area (Å²) in [5.41, 5.74) is 4.25. The lowest BCUT2D eigenvalue weighted by Crippen LogP contribution is -2.46. The number of aromatic nitrogens is 6. The molecule has 4 aromatic carbocycles. The van der Waals surface area contributed by atoms with Crippen LogP contribution >= 0.6 is 0 Å². The molecular weight excluding hydrogens is 1010 g/mol. The second-order valence-corrected chi connectivity index (χ2v) is 22.7. The highest BCUT2D eigenvalue weighted by atomic mass is 28.4. The summed E-state index contributed by atoms with van der Waals surface area (Å²) < 4.78 is 63.4. The van der Waals surface area contributed by atoms with Gasteiger partial charge in [-0.3, -0.25) is 0 Å². The second-order valence-electron chi connectivity index (χ2n) is 17.2. The summed E-state index contributed by atoms with van der Waals surface area (Å²) in [7, 11) is -2.48. The van der Waals surface area contributed by atoms with Crippen molar-refractivity contribution >= 4 is 51.2 Å². The fraction of sp³-hybridized carbons (Fsp3) is 0.500. The Labute approximate surface area is 447 Å². The lowest BCUT2D eigenvalue weighted by Gasteiger charge is -2.28. The van der Waals surface area contributed by atoms with Crippen molar-refractivity contribution in [3.05, 3.63) is 95.6 Å². The SMILES string of the molecule is CCO[Si](CCCNC(=O)NCc1cn(Cc2cc3ccccc3c(-c3c(OCOC)c(Cn4cc(CNC(=O)NCCC[Si](OCC)(OCC)OCC)nn4)cc4ccccc34)c2OCOC)nn1)(OCC)OCC. The van der Waals surface area contributed by atoms with Crippen molar-refractivity contribution in [2.75, 3.05) is 80.5 Å². The van der Waals surface area contributed by atoms with Crippen LogP contribution < -0.4 is 30.7 Å². The van der Waals surface area contributed by atoms with E-state index in [0.717, 1.165) is 43.8 Å². The Kier molecular flexibility index (Phi) is 23.8. The van der Waals surface area contributed by atoms with Crippen LogP contribution in [0.2, 0.25) is 12.1 Å². The number of carbonyl (C=O) groups is 2. The number of benzene rings is 4. The maximum Gasteiger partial charge on any atom is 0.500 e. The molecule has 2 heterocycles. The molecule has 0 unspecified atom stereocenters. The first-order valence-corrected chi connectivity index (χ1v) is 29.9.